The molecule has 3 rings (SSSR count). The van der Waals surface area contributed by atoms with Gasteiger partial charge in [-0.25, -0.2) is 0 Å². The predicted octanol–water partition coefficient (Wildman–Crippen LogP) is 6.79. The van der Waals surface area contributed by atoms with Crippen molar-refractivity contribution in [2.75, 3.05) is 0 Å². The van der Waals surface area contributed by atoms with Gasteiger partial charge in [0.1, 0.15) is 12.4 Å². The minimum atomic E-state index is -0.0312. The highest BCUT2D eigenvalue weighted by atomic mass is 16.5. The molecule has 0 bridgehead atoms. The lowest BCUT2D eigenvalue weighted by atomic mass is 10.0. The van der Waals surface area contributed by atoms with E-state index in [0.29, 0.717) is 32.3 Å². The number of amides is 1. The zero-order valence-electron chi connectivity index (χ0n) is 20.5. The van der Waals surface area contributed by atoms with Crippen LogP contribution in [0.15, 0.2) is 84.9 Å². The molecule has 35 heavy (non-hydrogen) atoms. The maximum atomic E-state index is 12.5. The zero-order valence-corrected chi connectivity index (χ0v) is 20.5. The van der Waals surface area contributed by atoms with Gasteiger partial charge in [0.25, 0.3) is 0 Å². The highest BCUT2D eigenvalue weighted by Crippen LogP contribution is 2.17. The average molecular weight is 469 g/mol. The molecule has 3 aromatic carbocycles. The first-order chi connectivity index (χ1) is 17.2. The first-order valence-electron chi connectivity index (χ1n) is 12.7. The third-order valence-electron chi connectivity index (χ3n) is 6.09. The van der Waals surface area contributed by atoms with Crippen molar-refractivity contribution in [3.8, 4) is 11.8 Å². The van der Waals surface area contributed by atoms with Crippen molar-refractivity contribution < 1.29 is 9.53 Å². The van der Waals surface area contributed by atoms with Crippen LogP contribution in [0.5, 0.6) is 5.75 Å². The van der Waals surface area contributed by atoms with Crippen LogP contribution in [0.2, 0.25) is 0 Å². The quantitative estimate of drug-likeness (QED) is 0.250. The number of rotatable bonds is 15. The molecule has 182 valence electrons. The number of hydrogen-bond donors (Lipinski definition) is 1. The number of benzene rings is 3. The fourth-order valence-corrected chi connectivity index (χ4v) is 4.12. The fraction of sp³-hybridized carbons (Fsp3) is 0.355. The monoisotopic (exact) mass is 468 g/mol. The molecular formula is C31H36N2O2. The van der Waals surface area contributed by atoms with Gasteiger partial charge in [-0.3, -0.25) is 4.79 Å². The van der Waals surface area contributed by atoms with Gasteiger partial charge in [0, 0.05) is 18.9 Å². The highest BCUT2D eigenvalue weighted by Gasteiger charge is 2.13. The second kappa shape index (κ2) is 15.3. The molecule has 1 amide bonds. The van der Waals surface area contributed by atoms with Gasteiger partial charge >= 0.3 is 0 Å². The average Bonchev–Trinajstić information content (AvgIpc) is 2.90. The van der Waals surface area contributed by atoms with Crippen LogP contribution in [0.3, 0.4) is 0 Å². The first-order valence-corrected chi connectivity index (χ1v) is 12.7. The lowest BCUT2D eigenvalue weighted by Crippen LogP contribution is -2.36. The van der Waals surface area contributed by atoms with E-state index >= 15 is 0 Å². The molecule has 0 aromatic heterocycles. The third-order valence-corrected chi connectivity index (χ3v) is 6.09. The Balaban J connectivity index is 1.37. The summed E-state index contributed by atoms with van der Waals surface area (Å²) in [4.78, 5) is 12.5. The SMILES string of the molecule is N#CCC[C@@H](Cc1ccc(OCc2ccccc2)cc1)NC(=O)CCCCCCc1ccccc1. The van der Waals surface area contributed by atoms with Crippen LogP contribution in [0.25, 0.3) is 0 Å². The van der Waals surface area contributed by atoms with E-state index in [0.717, 1.165) is 49.0 Å². The number of unbranched alkanes of at least 4 members (excludes halogenated alkanes) is 3. The molecule has 1 N–H and O–H groups in total. The molecule has 0 saturated heterocycles. The lowest BCUT2D eigenvalue weighted by molar-refractivity contribution is -0.121. The van der Waals surface area contributed by atoms with Crippen molar-refractivity contribution in [1.82, 2.24) is 5.32 Å². The predicted molar refractivity (Wildman–Crippen MR) is 141 cm³/mol. The summed E-state index contributed by atoms with van der Waals surface area (Å²) in [6, 6.07) is 30.8. The summed E-state index contributed by atoms with van der Waals surface area (Å²) in [7, 11) is 0. The van der Waals surface area contributed by atoms with Gasteiger partial charge in [-0.1, -0.05) is 85.6 Å². The van der Waals surface area contributed by atoms with E-state index in [1.165, 1.54) is 5.56 Å². The molecule has 4 nitrogen and oxygen atoms in total. The number of hydrogen-bond acceptors (Lipinski definition) is 3. The first kappa shape index (κ1) is 26.0. The van der Waals surface area contributed by atoms with Crippen LogP contribution < -0.4 is 10.1 Å². The van der Waals surface area contributed by atoms with E-state index in [-0.39, 0.29) is 11.9 Å². The fourth-order valence-electron chi connectivity index (χ4n) is 4.12. The highest BCUT2D eigenvalue weighted by molar-refractivity contribution is 5.76. The Morgan fingerprint density at radius 1 is 0.800 bits per heavy atom. The lowest BCUT2D eigenvalue weighted by Gasteiger charge is -2.18. The summed E-state index contributed by atoms with van der Waals surface area (Å²) in [6.07, 6.45) is 7.70. The number of aryl methyl sites for hydroxylation is 1. The number of carbonyl (C=O) groups excluding carboxylic acids is 1. The van der Waals surface area contributed by atoms with Crippen LogP contribution in [-0.2, 0) is 24.2 Å². The Labute approximate surface area is 210 Å². The van der Waals surface area contributed by atoms with Gasteiger partial charge in [0.15, 0.2) is 0 Å². The Morgan fingerprint density at radius 2 is 1.46 bits per heavy atom. The zero-order chi connectivity index (χ0) is 24.6. The molecule has 0 spiro atoms. The summed E-state index contributed by atoms with van der Waals surface area (Å²) in [5, 5.41) is 12.2. The van der Waals surface area contributed by atoms with E-state index in [2.05, 4.69) is 35.7 Å². The molecule has 0 saturated carbocycles. The van der Waals surface area contributed by atoms with E-state index in [1.807, 2.05) is 60.7 Å². The maximum Gasteiger partial charge on any atom is 0.220 e. The van der Waals surface area contributed by atoms with Crippen LogP contribution in [0.4, 0.5) is 0 Å². The molecule has 0 aliphatic heterocycles. The van der Waals surface area contributed by atoms with Gasteiger partial charge in [0.2, 0.25) is 5.91 Å². The molecule has 0 aliphatic carbocycles. The molecule has 1 atom stereocenters. The van der Waals surface area contributed by atoms with Crippen LogP contribution in [0, 0.1) is 11.3 Å². The van der Waals surface area contributed by atoms with Crippen molar-refractivity contribution in [2.24, 2.45) is 0 Å². The van der Waals surface area contributed by atoms with Crippen molar-refractivity contribution in [3.63, 3.8) is 0 Å². The molecular weight excluding hydrogens is 432 g/mol. The van der Waals surface area contributed by atoms with E-state index in [4.69, 9.17) is 10.00 Å². The summed E-state index contributed by atoms with van der Waals surface area (Å²) in [5.41, 5.74) is 3.63. The Bertz CT molecular complexity index is 1030. The molecule has 0 aliphatic rings. The largest absolute Gasteiger partial charge is 0.489 e. The van der Waals surface area contributed by atoms with Crippen molar-refractivity contribution >= 4 is 5.91 Å². The van der Waals surface area contributed by atoms with Gasteiger partial charge < -0.3 is 10.1 Å². The van der Waals surface area contributed by atoms with Crippen molar-refractivity contribution in [1.29, 1.82) is 5.26 Å². The second-order valence-corrected chi connectivity index (χ2v) is 8.98. The molecule has 3 aromatic rings. The molecule has 4 heteroatoms. The van der Waals surface area contributed by atoms with Crippen LogP contribution in [-0.4, -0.2) is 11.9 Å². The van der Waals surface area contributed by atoms with Crippen LogP contribution in [0.1, 0.15) is 61.6 Å². The summed E-state index contributed by atoms with van der Waals surface area (Å²) >= 11 is 0. The summed E-state index contributed by atoms with van der Waals surface area (Å²) in [6.45, 7) is 0.535. The van der Waals surface area contributed by atoms with Crippen LogP contribution >= 0.6 is 0 Å². The number of nitrogens with one attached hydrogen (secondary N) is 1. The Kier molecular flexibility index (Phi) is 11.4. The van der Waals surface area contributed by atoms with Gasteiger partial charge in [0.05, 0.1) is 6.07 Å². The van der Waals surface area contributed by atoms with E-state index < -0.39 is 0 Å². The topological polar surface area (TPSA) is 62.1 Å². The number of nitriles is 1. The Morgan fingerprint density at radius 3 is 2.14 bits per heavy atom. The normalized spacial score (nSPS) is 11.4. The van der Waals surface area contributed by atoms with Gasteiger partial charge in [-0.15, -0.1) is 0 Å². The second-order valence-electron chi connectivity index (χ2n) is 8.98. The molecule has 0 radical (unpaired) electrons. The Hall–Kier alpha value is -3.58. The summed E-state index contributed by atoms with van der Waals surface area (Å²) < 4.78 is 5.87. The van der Waals surface area contributed by atoms with Gasteiger partial charge in [-0.2, -0.15) is 5.26 Å². The summed E-state index contributed by atoms with van der Waals surface area (Å²) in [5.74, 6) is 0.904. The number of ether oxygens (including phenoxy) is 1. The standard InChI is InChI=1S/C31H36N2O2/c32-23-11-17-29(33-31(34)18-10-2-1-5-12-26-13-6-3-7-14-26)24-27-19-21-30(22-20-27)35-25-28-15-8-4-9-16-28/h3-4,6-9,13-16,19-22,29H,1-2,5,10-12,17-18,24-25H2,(H,33,34)/t29-/m0/s1. The molecule has 0 unspecified atom stereocenters. The van der Waals surface area contributed by atoms with Gasteiger partial charge in [-0.05, 0) is 60.9 Å². The van der Waals surface area contributed by atoms with Crippen molar-refractivity contribution in [3.05, 3.63) is 102 Å². The maximum absolute atomic E-state index is 12.5. The molecule has 0 fully saturated rings. The minimum absolute atomic E-state index is 0.0312. The van der Waals surface area contributed by atoms with Crippen molar-refractivity contribution in [2.45, 2.75) is 70.4 Å². The number of nitrogens with zero attached hydrogens (tertiary/aromatic N) is 1. The van der Waals surface area contributed by atoms with E-state index in [9.17, 15) is 4.79 Å². The smallest absolute Gasteiger partial charge is 0.220 e. The molecule has 0 heterocycles. The number of carbonyl (C=O) groups is 1. The minimum Gasteiger partial charge on any atom is -0.489 e. The van der Waals surface area contributed by atoms with E-state index in [1.54, 1.807) is 0 Å². The third kappa shape index (κ3) is 10.5.